The average molecular weight is 206 g/mol. The molecule has 1 N–H and O–H groups in total. The molecule has 1 atom stereocenters. The van der Waals surface area contributed by atoms with E-state index < -0.39 is 24.4 Å². The number of para-hydroxylation sites is 2. The second-order valence-electron chi connectivity index (χ2n) is 3.17. The molecule has 15 heavy (non-hydrogen) atoms. The van der Waals surface area contributed by atoms with Gasteiger partial charge in [-0.05, 0) is 12.1 Å². The van der Waals surface area contributed by atoms with Crippen molar-refractivity contribution in [1.29, 1.82) is 0 Å². The van der Waals surface area contributed by atoms with Crippen LogP contribution in [0, 0.1) is 0 Å². The zero-order valence-corrected chi connectivity index (χ0v) is 7.73. The van der Waals surface area contributed by atoms with Crippen LogP contribution in [0.5, 0.6) is 5.75 Å². The molecule has 78 valence electrons. The molecule has 0 aromatic heterocycles. The van der Waals surface area contributed by atoms with Gasteiger partial charge in [-0.2, -0.15) is 0 Å². The molecule has 1 amide bonds. The van der Waals surface area contributed by atoms with E-state index in [0.29, 0.717) is 11.4 Å². The molecule has 5 nitrogen and oxygen atoms in total. The van der Waals surface area contributed by atoms with Crippen LogP contribution in [0.4, 0.5) is 5.69 Å². The molecule has 0 spiro atoms. The molecule has 1 aliphatic heterocycles. The summed E-state index contributed by atoms with van der Waals surface area (Å²) in [6.45, 7) is 0. The molecule has 1 aromatic carbocycles. The van der Waals surface area contributed by atoms with Crippen LogP contribution in [-0.2, 0) is 9.59 Å². The van der Waals surface area contributed by atoms with Gasteiger partial charge in [0, 0.05) is 12.4 Å². The molecular formula is C10H8NO4-. The number of nitrogens with one attached hydrogen (secondary N) is 1. The molecule has 0 saturated carbocycles. The van der Waals surface area contributed by atoms with Crippen LogP contribution >= 0.6 is 0 Å². The Morgan fingerprint density at radius 1 is 1.47 bits per heavy atom. The van der Waals surface area contributed by atoms with E-state index in [9.17, 15) is 14.7 Å². The van der Waals surface area contributed by atoms with E-state index in [1.165, 1.54) is 0 Å². The summed E-state index contributed by atoms with van der Waals surface area (Å²) in [5.74, 6) is -1.30. The molecule has 0 radical (unpaired) electrons. The summed E-state index contributed by atoms with van der Waals surface area (Å²) in [5, 5.41) is 12.9. The van der Waals surface area contributed by atoms with Crippen LogP contribution in [0.2, 0.25) is 0 Å². The van der Waals surface area contributed by atoms with E-state index in [4.69, 9.17) is 4.74 Å². The molecule has 2 rings (SSSR count). The Morgan fingerprint density at radius 2 is 2.20 bits per heavy atom. The third kappa shape index (κ3) is 1.90. The lowest BCUT2D eigenvalue weighted by Gasteiger charge is -2.25. The fourth-order valence-corrected chi connectivity index (χ4v) is 1.38. The van der Waals surface area contributed by atoms with Crippen LogP contribution in [0.25, 0.3) is 0 Å². The van der Waals surface area contributed by atoms with Crippen LogP contribution in [0.3, 0.4) is 0 Å². The number of hydrogen-bond donors (Lipinski definition) is 1. The van der Waals surface area contributed by atoms with Crippen molar-refractivity contribution >= 4 is 17.6 Å². The number of carboxylic acid groups (broad SMARTS) is 1. The zero-order chi connectivity index (χ0) is 10.8. The van der Waals surface area contributed by atoms with Crippen LogP contribution in [0.15, 0.2) is 24.3 Å². The highest BCUT2D eigenvalue weighted by atomic mass is 16.5. The fraction of sp³-hybridized carbons (Fsp3) is 0.200. The number of carbonyl (C=O) groups excluding carboxylic acids is 2. The number of carbonyl (C=O) groups is 2. The monoisotopic (exact) mass is 206 g/mol. The van der Waals surface area contributed by atoms with Crippen molar-refractivity contribution in [2.45, 2.75) is 12.5 Å². The number of amides is 1. The lowest BCUT2D eigenvalue weighted by molar-refractivity contribution is -0.306. The predicted octanol–water partition coefficient (Wildman–Crippen LogP) is -0.474. The summed E-state index contributed by atoms with van der Waals surface area (Å²) < 4.78 is 5.22. The van der Waals surface area contributed by atoms with Gasteiger partial charge in [-0.25, -0.2) is 0 Å². The largest absolute Gasteiger partial charge is 0.550 e. The van der Waals surface area contributed by atoms with Gasteiger partial charge in [-0.3, -0.25) is 4.79 Å². The van der Waals surface area contributed by atoms with Gasteiger partial charge in [-0.1, -0.05) is 12.1 Å². The molecule has 0 bridgehead atoms. The Morgan fingerprint density at radius 3 is 2.93 bits per heavy atom. The van der Waals surface area contributed by atoms with E-state index >= 15 is 0 Å². The number of anilines is 1. The van der Waals surface area contributed by atoms with Crippen LogP contribution in [0.1, 0.15) is 6.42 Å². The van der Waals surface area contributed by atoms with Gasteiger partial charge >= 0.3 is 0 Å². The van der Waals surface area contributed by atoms with Crippen molar-refractivity contribution in [1.82, 2.24) is 0 Å². The summed E-state index contributed by atoms with van der Waals surface area (Å²) in [4.78, 5) is 21.7. The minimum atomic E-state index is -1.31. The minimum Gasteiger partial charge on any atom is -0.550 e. The second-order valence-corrected chi connectivity index (χ2v) is 3.17. The molecule has 0 fully saturated rings. The summed E-state index contributed by atoms with van der Waals surface area (Å²) in [5.41, 5.74) is 0.553. The molecule has 1 aliphatic rings. The normalized spacial score (nSPS) is 18.7. The van der Waals surface area contributed by atoms with Gasteiger partial charge in [0.15, 0.2) is 6.10 Å². The second kappa shape index (κ2) is 3.61. The van der Waals surface area contributed by atoms with Crippen molar-refractivity contribution in [2.75, 3.05) is 5.32 Å². The summed E-state index contributed by atoms with van der Waals surface area (Å²) in [7, 11) is 0. The minimum absolute atomic E-state index is 0.444. The standard InChI is InChI=1S/C10H9NO4/c12-9(13)5-8-10(14)11-6-3-1-2-4-7(6)15-8/h1-4,8H,5H2,(H,11,14)(H,12,13)/p-1/t8-/m0/s1. The van der Waals surface area contributed by atoms with Gasteiger partial charge in [0.1, 0.15) is 5.75 Å². The fourth-order valence-electron chi connectivity index (χ4n) is 1.38. The quantitative estimate of drug-likeness (QED) is 0.709. The number of ether oxygens (including phenoxy) is 1. The molecule has 0 saturated heterocycles. The van der Waals surface area contributed by atoms with Crippen molar-refractivity contribution in [2.24, 2.45) is 0 Å². The Kier molecular flexibility index (Phi) is 2.29. The summed E-state index contributed by atoms with van der Waals surface area (Å²) >= 11 is 0. The highest BCUT2D eigenvalue weighted by molar-refractivity contribution is 5.99. The number of aliphatic carboxylic acids is 1. The van der Waals surface area contributed by atoms with Crippen molar-refractivity contribution in [3.63, 3.8) is 0 Å². The maximum atomic E-state index is 11.4. The van der Waals surface area contributed by atoms with Gasteiger partial charge < -0.3 is 20.0 Å². The Hall–Kier alpha value is -2.04. The summed E-state index contributed by atoms with van der Waals surface area (Å²) in [6, 6.07) is 6.84. The number of fused-ring (bicyclic) bond motifs is 1. The van der Waals surface area contributed by atoms with E-state index in [0.717, 1.165) is 0 Å². The lowest BCUT2D eigenvalue weighted by Crippen LogP contribution is -2.41. The Bertz CT molecular complexity index is 416. The van der Waals surface area contributed by atoms with Crippen molar-refractivity contribution < 1.29 is 19.4 Å². The van der Waals surface area contributed by atoms with Crippen LogP contribution in [-0.4, -0.2) is 18.0 Å². The number of benzene rings is 1. The smallest absolute Gasteiger partial charge is 0.265 e. The molecule has 5 heteroatoms. The van der Waals surface area contributed by atoms with Crippen molar-refractivity contribution in [3.05, 3.63) is 24.3 Å². The maximum absolute atomic E-state index is 11.4. The van der Waals surface area contributed by atoms with Crippen LogP contribution < -0.4 is 15.2 Å². The first-order valence-corrected chi connectivity index (χ1v) is 4.43. The highest BCUT2D eigenvalue weighted by Crippen LogP contribution is 2.29. The summed E-state index contributed by atoms with van der Waals surface area (Å²) in [6.07, 6.45) is -1.45. The number of carboxylic acids is 1. The van der Waals surface area contributed by atoms with E-state index in [1.807, 2.05) is 0 Å². The Balaban J connectivity index is 2.22. The number of rotatable bonds is 2. The third-order valence-electron chi connectivity index (χ3n) is 2.06. The Labute approximate surface area is 85.7 Å². The molecule has 1 heterocycles. The van der Waals surface area contributed by atoms with Gasteiger partial charge in [0.25, 0.3) is 5.91 Å². The molecule has 1 aromatic rings. The number of hydrogen-bond acceptors (Lipinski definition) is 4. The lowest BCUT2D eigenvalue weighted by atomic mass is 10.2. The first kappa shape index (κ1) is 9.51. The molecule has 0 unspecified atom stereocenters. The predicted molar refractivity (Wildman–Crippen MR) is 49.1 cm³/mol. The maximum Gasteiger partial charge on any atom is 0.265 e. The zero-order valence-electron chi connectivity index (χ0n) is 7.73. The van der Waals surface area contributed by atoms with Crippen molar-refractivity contribution in [3.8, 4) is 5.75 Å². The van der Waals surface area contributed by atoms with E-state index in [-0.39, 0.29) is 0 Å². The topological polar surface area (TPSA) is 78.5 Å². The van der Waals surface area contributed by atoms with Gasteiger partial charge in [0.05, 0.1) is 5.69 Å². The third-order valence-corrected chi connectivity index (χ3v) is 2.06. The SMILES string of the molecule is O=C([O-])C[C@@H]1Oc2ccccc2NC1=O. The molecule has 0 aliphatic carbocycles. The van der Waals surface area contributed by atoms with Gasteiger partial charge in [-0.15, -0.1) is 0 Å². The highest BCUT2D eigenvalue weighted by Gasteiger charge is 2.27. The first-order chi connectivity index (χ1) is 7.16. The van der Waals surface area contributed by atoms with E-state index in [1.54, 1.807) is 24.3 Å². The van der Waals surface area contributed by atoms with Gasteiger partial charge in [0.2, 0.25) is 0 Å². The molecular weight excluding hydrogens is 198 g/mol. The average Bonchev–Trinajstić information content (AvgIpc) is 2.18. The first-order valence-electron chi connectivity index (χ1n) is 4.43. The van der Waals surface area contributed by atoms with E-state index in [2.05, 4.69) is 5.32 Å².